The first-order valence-corrected chi connectivity index (χ1v) is 7.01. The van der Waals surface area contributed by atoms with E-state index in [1.807, 2.05) is 6.26 Å². The molecular weight excluding hydrogens is 258 g/mol. The van der Waals surface area contributed by atoms with Crippen molar-refractivity contribution in [1.29, 1.82) is 0 Å². The summed E-state index contributed by atoms with van der Waals surface area (Å²) in [7, 11) is 0. The predicted octanol–water partition coefficient (Wildman–Crippen LogP) is -1.41. The Hall–Kier alpha value is -0.990. The monoisotopic (exact) mass is 279 g/mol. The second-order valence-electron chi connectivity index (χ2n) is 3.62. The second-order valence-corrected chi connectivity index (χ2v) is 4.60. The van der Waals surface area contributed by atoms with Crippen LogP contribution < -0.4 is 11.1 Å². The molecule has 0 spiro atoms. The van der Waals surface area contributed by atoms with Gasteiger partial charge in [-0.3, -0.25) is 4.79 Å². The highest BCUT2D eigenvalue weighted by molar-refractivity contribution is 7.98. The third-order valence-corrected chi connectivity index (χ3v) is 2.92. The summed E-state index contributed by atoms with van der Waals surface area (Å²) >= 11 is 1.55. The van der Waals surface area contributed by atoms with Gasteiger partial charge < -0.3 is 26.2 Å². The van der Waals surface area contributed by atoms with Crippen molar-refractivity contribution in [3.63, 3.8) is 0 Å². The lowest BCUT2D eigenvalue weighted by atomic mass is 10.2. The van der Waals surface area contributed by atoms with E-state index in [0.29, 0.717) is 12.2 Å². The van der Waals surface area contributed by atoms with E-state index in [1.165, 1.54) is 4.90 Å². The minimum Gasteiger partial charge on any atom is -0.395 e. The molecule has 106 valence electrons. The standard InChI is InChI=1S/C10H21N3O4S/c1-18-7-2-8(12-10(11)17)9(16)13(3-5-14)4-6-15/h8,14-15H,2-7H2,1H3,(H3,11,12,17). The van der Waals surface area contributed by atoms with Crippen LogP contribution in [0.5, 0.6) is 0 Å². The quantitative estimate of drug-likeness (QED) is 0.414. The first kappa shape index (κ1) is 17.0. The Balaban J connectivity index is 4.60. The normalized spacial score (nSPS) is 11.9. The van der Waals surface area contributed by atoms with Crippen molar-refractivity contribution in [1.82, 2.24) is 10.2 Å². The number of nitrogens with one attached hydrogen (secondary N) is 1. The van der Waals surface area contributed by atoms with Crippen molar-refractivity contribution in [2.45, 2.75) is 12.5 Å². The lowest BCUT2D eigenvalue weighted by Gasteiger charge is -2.26. The number of hydrogen-bond acceptors (Lipinski definition) is 5. The number of aliphatic hydroxyl groups excluding tert-OH is 2. The van der Waals surface area contributed by atoms with Crippen LogP contribution in [0.3, 0.4) is 0 Å². The van der Waals surface area contributed by atoms with Gasteiger partial charge in [-0.1, -0.05) is 0 Å². The van der Waals surface area contributed by atoms with Gasteiger partial charge in [0.1, 0.15) is 6.04 Å². The van der Waals surface area contributed by atoms with Crippen LogP contribution in [0.4, 0.5) is 4.79 Å². The molecule has 0 rings (SSSR count). The minimum absolute atomic E-state index is 0.121. The number of thioether (sulfide) groups is 1. The first-order chi connectivity index (χ1) is 8.56. The molecule has 5 N–H and O–H groups in total. The van der Waals surface area contributed by atoms with E-state index in [9.17, 15) is 9.59 Å². The van der Waals surface area contributed by atoms with Crippen LogP contribution in [-0.4, -0.2) is 71.4 Å². The SMILES string of the molecule is CSCCC(NC(N)=O)C(=O)N(CCO)CCO. The summed E-state index contributed by atoms with van der Waals surface area (Å²) in [6, 6.07) is -1.48. The van der Waals surface area contributed by atoms with Crippen LogP contribution in [0.1, 0.15) is 6.42 Å². The molecule has 0 aliphatic heterocycles. The summed E-state index contributed by atoms with van der Waals surface area (Å²) in [6.45, 7) is -0.152. The van der Waals surface area contributed by atoms with Gasteiger partial charge >= 0.3 is 6.03 Å². The zero-order chi connectivity index (χ0) is 14.0. The summed E-state index contributed by atoms with van der Waals surface area (Å²) < 4.78 is 0. The number of primary amides is 1. The van der Waals surface area contributed by atoms with Gasteiger partial charge in [0.25, 0.3) is 0 Å². The highest BCUT2D eigenvalue weighted by Gasteiger charge is 2.24. The fourth-order valence-electron chi connectivity index (χ4n) is 1.46. The largest absolute Gasteiger partial charge is 0.395 e. The maximum atomic E-state index is 12.1. The molecule has 7 nitrogen and oxygen atoms in total. The van der Waals surface area contributed by atoms with E-state index in [-0.39, 0.29) is 32.2 Å². The third-order valence-electron chi connectivity index (χ3n) is 2.28. The van der Waals surface area contributed by atoms with E-state index in [4.69, 9.17) is 15.9 Å². The molecule has 0 aromatic rings. The van der Waals surface area contributed by atoms with Gasteiger partial charge in [0.15, 0.2) is 0 Å². The summed E-state index contributed by atoms with van der Waals surface area (Å²) in [5, 5.41) is 20.1. The number of nitrogens with two attached hydrogens (primary N) is 1. The summed E-state index contributed by atoms with van der Waals surface area (Å²) in [5.41, 5.74) is 5.02. The van der Waals surface area contributed by atoms with Crippen LogP contribution in [0.2, 0.25) is 0 Å². The Bertz CT molecular complexity index is 260. The minimum atomic E-state index is -0.762. The maximum Gasteiger partial charge on any atom is 0.312 e. The van der Waals surface area contributed by atoms with Crippen LogP contribution in [-0.2, 0) is 4.79 Å². The van der Waals surface area contributed by atoms with Crippen LogP contribution in [0.15, 0.2) is 0 Å². The van der Waals surface area contributed by atoms with Gasteiger partial charge in [0.05, 0.1) is 13.2 Å². The summed E-state index contributed by atoms with van der Waals surface area (Å²) in [6.07, 6.45) is 2.35. The number of rotatable bonds is 9. The highest BCUT2D eigenvalue weighted by Crippen LogP contribution is 2.04. The number of amides is 3. The molecule has 0 aromatic heterocycles. The van der Waals surface area contributed by atoms with Gasteiger partial charge in [-0.15, -0.1) is 0 Å². The summed E-state index contributed by atoms with van der Waals surface area (Å²) in [4.78, 5) is 24.2. The van der Waals surface area contributed by atoms with Crippen LogP contribution in [0.25, 0.3) is 0 Å². The number of urea groups is 1. The average Bonchev–Trinajstić information content (AvgIpc) is 2.33. The zero-order valence-electron chi connectivity index (χ0n) is 10.5. The van der Waals surface area contributed by atoms with E-state index in [2.05, 4.69) is 5.32 Å². The van der Waals surface area contributed by atoms with E-state index < -0.39 is 12.1 Å². The third kappa shape index (κ3) is 6.67. The Labute approximate surface area is 111 Å². The van der Waals surface area contributed by atoms with Crippen LogP contribution in [0, 0.1) is 0 Å². The van der Waals surface area contributed by atoms with Crippen molar-refractivity contribution >= 4 is 23.7 Å². The highest BCUT2D eigenvalue weighted by atomic mass is 32.2. The van der Waals surface area contributed by atoms with Crippen molar-refractivity contribution in [3.05, 3.63) is 0 Å². The summed E-state index contributed by atoms with van der Waals surface area (Å²) in [5.74, 6) is 0.355. The van der Waals surface area contributed by atoms with Gasteiger partial charge in [0, 0.05) is 13.1 Å². The van der Waals surface area contributed by atoms with Crippen molar-refractivity contribution in [2.24, 2.45) is 5.73 Å². The Morgan fingerprint density at radius 2 is 1.89 bits per heavy atom. The zero-order valence-corrected chi connectivity index (χ0v) is 11.3. The predicted molar refractivity (Wildman–Crippen MR) is 70.3 cm³/mol. The molecule has 0 radical (unpaired) electrons. The lowest BCUT2D eigenvalue weighted by molar-refractivity contribution is -0.134. The fraction of sp³-hybridized carbons (Fsp3) is 0.800. The number of hydrogen-bond donors (Lipinski definition) is 4. The van der Waals surface area contributed by atoms with Crippen molar-refractivity contribution in [3.8, 4) is 0 Å². The van der Waals surface area contributed by atoms with Gasteiger partial charge in [-0.2, -0.15) is 11.8 Å². The van der Waals surface area contributed by atoms with Gasteiger partial charge in [0.2, 0.25) is 5.91 Å². The number of carbonyl (C=O) groups excluding carboxylic acids is 2. The second kappa shape index (κ2) is 9.98. The molecular formula is C10H21N3O4S. The topological polar surface area (TPSA) is 116 Å². The number of carbonyl (C=O) groups is 2. The van der Waals surface area contributed by atoms with Crippen molar-refractivity contribution in [2.75, 3.05) is 38.3 Å². The smallest absolute Gasteiger partial charge is 0.312 e. The molecule has 0 heterocycles. The molecule has 0 fully saturated rings. The number of nitrogens with zero attached hydrogens (tertiary/aromatic N) is 1. The molecule has 0 saturated heterocycles. The van der Waals surface area contributed by atoms with E-state index in [1.54, 1.807) is 11.8 Å². The Kier molecular flexibility index (Phi) is 9.43. The fourth-order valence-corrected chi connectivity index (χ4v) is 1.93. The molecule has 1 atom stereocenters. The Morgan fingerprint density at radius 1 is 1.33 bits per heavy atom. The first-order valence-electron chi connectivity index (χ1n) is 5.62. The molecule has 8 heteroatoms. The number of aliphatic hydroxyl groups is 2. The molecule has 0 aliphatic rings. The molecule has 0 aromatic carbocycles. The molecule has 18 heavy (non-hydrogen) atoms. The van der Waals surface area contributed by atoms with E-state index in [0.717, 1.165) is 0 Å². The molecule has 0 aliphatic carbocycles. The molecule has 0 bridgehead atoms. The van der Waals surface area contributed by atoms with Crippen molar-refractivity contribution < 1.29 is 19.8 Å². The molecule has 0 saturated carbocycles. The lowest BCUT2D eigenvalue weighted by Crippen LogP contribution is -2.51. The van der Waals surface area contributed by atoms with Gasteiger partial charge in [-0.25, -0.2) is 4.79 Å². The maximum absolute atomic E-state index is 12.1. The molecule has 1 unspecified atom stereocenters. The Morgan fingerprint density at radius 3 is 2.28 bits per heavy atom. The average molecular weight is 279 g/mol. The van der Waals surface area contributed by atoms with Gasteiger partial charge in [-0.05, 0) is 18.4 Å². The van der Waals surface area contributed by atoms with E-state index >= 15 is 0 Å². The van der Waals surface area contributed by atoms with Crippen LogP contribution >= 0.6 is 11.8 Å². The molecule has 3 amide bonds.